The molecular weight excluding hydrogens is 292 g/mol. The van der Waals surface area contributed by atoms with Crippen molar-refractivity contribution in [3.8, 4) is 0 Å². The van der Waals surface area contributed by atoms with E-state index in [0.717, 1.165) is 24.2 Å². The molecule has 1 aliphatic carbocycles. The smallest absolute Gasteiger partial charge is 0.236 e. The molecule has 1 aromatic carbocycles. The summed E-state index contributed by atoms with van der Waals surface area (Å²) < 4.78 is 4.47. The zero-order valence-corrected chi connectivity index (χ0v) is 14.0. The topological polar surface area (TPSA) is 41.1 Å². The van der Waals surface area contributed by atoms with Crippen LogP contribution in [0.1, 0.15) is 44.6 Å². The first-order chi connectivity index (χ1) is 10.9. The van der Waals surface area contributed by atoms with E-state index in [1.54, 1.807) is 0 Å². The second-order valence-electron chi connectivity index (χ2n) is 5.82. The third-order valence-electron chi connectivity index (χ3n) is 4.31. The molecule has 0 radical (unpaired) electrons. The van der Waals surface area contributed by atoms with E-state index in [-0.39, 0.29) is 0 Å². The van der Waals surface area contributed by atoms with Gasteiger partial charge in [-0.25, -0.2) is 0 Å². The average molecular weight is 316 g/mol. The van der Waals surface area contributed by atoms with E-state index in [1.807, 2.05) is 6.07 Å². The van der Waals surface area contributed by atoms with Gasteiger partial charge in [0.25, 0.3) is 0 Å². The van der Waals surface area contributed by atoms with Gasteiger partial charge in [0, 0.05) is 30.7 Å². The lowest BCUT2D eigenvalue weighted by Crippen LogP contribution is -2.36. The zero-order chi connectivity index (χ0) is 15.2. The molecule has 0 amide bonds. The fraction of sp³-hybridized carbons (Fsp3) is 0.529. The third-order valence-corrected chi connectivity index (χ3v) is 5.06. The fourth-order valence-electron chi connectivity index (χ4n) is 3.12. The molecule has 1 fully saturated rings. The highest BCUT2D eigenvalue weighted by Crippen LogP contribution is 2.29. The Morgan fingerprint density at radius 1 is 1.18 bits per heavy atom. The summed E-state index contributed by atoms with van der Waals surface area (Å²) in [7, 11) is 0. The number of hydrogen-bond donors (Lipinski definition) is 1. The molecule has 0 unspecified atom stereocenters. The summed E-state index contributed by atoms with van der Waals surface area (Å²) in [6, 6.07) is 11.0. The standard InChI is InChI=1S/C17H24N4S/c1-2-21(15-11-7-4-8-12-15)17-19-16(20-22-17)18-13-14-9-5-3-6-10-14/h3,5-6,9-10,15H,2,4,7-8,11-13H2,1H3,(H,18,20). The van der Waals surface area contributed by atoms with Gasteiger partial charge in [0.15, 0.2) is 0 Å². The molecule has 3 rings (SSSR count). The van der Waals surface area contributed by atoms with Crippen LogP contribution in [0.5, 0.6) is 0 Å². The van der Waals surface area contributed by atoms with Crippen LogP contribution in [0.15, 0.2) is 30.3 Å². The van der Waals surface area contributed by atoms with Crippen molar-refractivity contribution in [1.29, 1.82) is 0 Å². The molecular formula is C17H24N4S. The van der Waals surface area contributed by atoms with Gasteiger partial charge in [0.05, 0.1) is 0 Å². The summed E-state index contributed by atoms with van der Waals surface area (Å²) in [6.07, 6.45) is 6.66. The van der Waals surface area contributed by atoms with Gasteiger partial charge in [-0.15, -0.1) is 0 Å². The Kier molecular flexibility index (Phi) is 5.27. The number of aromatic nitrogens is 2. The van der Waals surface area contributed by atoms with Crippen molar-refractivity contribution in [2.45, 2.75) is 51.6 Å². The highest BCUT2D eigenvalue weighted by molar-refractivity contribution is 7.09. The van der Waals surface area contributed by atoms with Crippen molar-refractivity contribution in [2.24, 2.45) is 0 Å². The molecule has 22 heavy (non-hydrogen) atoms. The molecule has 0 saturated heterocycles. The summed E-state index contributed by atoms with van der Waals surface area (Å²) >= 11 is 1.51. The minimum Gasteiger partial charge on any atom is -0.349 e. The monoisotopic (exact) mass is 316 g/mol. The molecule has 1 N–H and O–H groups in total. The summed E-state index contributed by atoms with van der Waals surface area (Å²) in [6.45, 7) is 4.00. The van der Waals surface area contributed by atoms with Crippen molar-refractivity contribution in [3.63, 3.8) is 0 Å². The summed E-state index contributed by atoms with van der Waals surface area (Å²) in [5.74, 6) is 0.748. The van der Waals surface area contributed by atoms with E-state index in [0.29, 0.717) is 6.04 Å². The van der Waals surface area contributed by atoms with E-state index < -0.39 is 0 Å². The van der Waals surface area contributed by atoms with Crippen LogP contribution in [-0.4, -0.2) is 21.9 Å². The van der Waals surface area contributed by atoms with Crippen molar-refractivity contribution < 1.29 is 0 Å². The largest absolute Gasteiger partial charge is 0.349 e. The minimum absolute atomic E-state index is 0.647. The highest BCUT2D eigenvalue weighted by Gasteiger charge is 2.22. The predicted octanol–water partition coefficient (Wildman–Crippen LogP) is 4.31. The lowest BCUT2D eigenvalue weighted by atomic mass is 9.94. The zero-order valence-electron chi connectivity index (χ0n) is 13.2. The Morgan fingerprint density at radius 3 is 2.68 bits per heavy atom. The maximum absolute atomic E-state index is 4.69. The quantitative estimate of drug-likeness (QED) is 0.862. The molecule has 118 valence electrons. The number of rotatable bonds is 6. The Hall–Kier alpha value is -1.62. The molecule has 0 bridgehead atoms. The predicted molar refractivity (Wildman–Crippen MR) is 93.6 cm³/mol. The van der Waals surface area contributed by atoms with Gasteiger partial charge in [0.1, 0.15) is 0 Å². The Bertz CT molecular complexity index is 563. The molecule has 1 aliphatic rings. The second kappa shape index (κ2) is 7.58. The van der Waals surface area contributed by atoms with Crippen LogP contribution >= 0.6 is 11.5 Å². The molecule has 0 aliphatic heterocycles. The van der Waals surface area contributed by atoms with Crippen LogP contribution in [0.4, 0.5) is 11.1 Å². The van der Waals surface area contributed by atoms with Gasteiger partial charge in [-0.05, 0) is 25.3 Å². The Labute approximate surface area is 136 Å². The molecule has 1 aromatic heterocycles. The maximum Gasteiger partial charge on any atom is 0.236 e. The fourth-order valence-corrected chi connectivity index (χ4v) is 3.91. The van der Waals surface area contributed by atoms with Crippen LogP contribution in [0.25, 0.3) is 0 Å². The molecule has 5 heteroatoms. The van der Waals surface area contributed by atoms with E-state index in [9.17, 15) is 0 Å². The molecule has 4 nitrogen and oxygen atoms in total. The average Bonchev–Trinajstić information content (AvgIpc) is 3.04. The number of nitrogens with zero attached hydrogens (tertiary/aromatic N) is 3. The van der Waals surface area contributed by atoms with Gasteiger partial charge >= 0.3 is 0 Å². The van der Waals surface area contributed by atoms with Crippen LogP contribution in [0.3, 0.4) is 0 Å². The SMILES string of the molecule is CCN(c1nc(NCc2ccccc2)ns1)C1CCCCC1. The van der Waals surface area contributed by atoms with Gasteiger partial charge in [0.2, 0.25) is 11.1 Å². The molecule has 2 aromatic rings. The van der Waals surface area contributed by atoms with Crippen molar-refractivity contribution in [1.82, 2.24) is 9.36 Å². The van der Waals surface area contributed by atoms with Crippen LogP contribution in [-0.2, 0) is 6.54 Å². The summed E-state index contributed by atoms with van der Waals surface area (Å²) in [4.78, 5) is 7.13. The molecule has 0 spiro atoms. The van der Waals surface area contributed by atoms with Gasteiger partial charge < -0.3 is 10.2 Å². The van der Waals surface area contributed by atoms with Gasteiger partial charge in [-0.1, -0.05) is 49.6 Å². The highest BCUT2D eigenvalue weighted by atomic mass is 32.1. The third kappa shape index (κ3) is 3.77. The van der Waals surface area contributed by atoms with E-state index in [1.165, 1.54) is 49.2 Å². The van der Waals surface area contributed by atoms with Crippen molar-refractivity contribution in [3.05, 3.63) is 35.9 Å². The van der Waals surface area contributed by atoms with E-state index >= 15 is 0 Å². The van der Waals surface area contributed by atoms with Crippen LogP contribution < -0.4 is 10.2 Å². The van der Waals surface area contributed by atoms with E-state index in [2.05, 4.69) is 45.8 Å². The van der Waals surface area contributed by atoms with Crippen LogP contribution in [0.2, 0.25) is 0 Å². The van der Waals surface area contributed by atoms with Gasteiger partial charge in [-0.3, -0.25) is 0 Å². The van der Waals surface area contributed by atoms with Crippen LogP contribution in [0, 0.1) is 0 Å². The lowest BCUT2D eigenvalue weighted by molar-refractivity contribution is 0.418. The molecule has 0 atom stereocenters. The first-order valence-corrected chi connectivity index (χ1v) is 9.02. The maximum atomic E-state index is 4.69. The number of hydrogen-bond acceptors (Lipinski definition) is 5. The first-order valence-electron chi connectivity index (χ1n) is 8.25. The first kappa shape index (κ1) is 15.3. The van der Waals surface area contributed by atoms with E-state index in [4.69, 9.17) is 4.98 Å². The number of nitrogens with one attached hydrogen (secondary N) is 1. The minimum atomic E-state index is 0.647. The lowest BCUT2D eigenvalue weighted by Gasteiger charge is -2.32. The molecule has 1 heterocycles. The summed E-state index contributed by atoms with van der Waals surface area (Å²) in [5.41, 5.74) is 1.25. The van der Waals surface area contributed by atoms with Gasteiger partial charge in [-0.2, -0.15) is 9.36 Å². The normalized spacial score (nSPS) is 15.7. The number of benzene rings is 1. The Morgan fingerprint density at radius 2 is 1.95 bits per heavy atom. The number of anilines is 2. The van der Waals surface area contributed by atoms with Crippen molar-refractivity contribution >= 4 is 22.6 Å². The van der Waals surface area contributed by atoms with Crippen molar-refractivity contribution in [2.75, 3.05) is 16.8 Å². The Balaban J connectivity index is 1.61. The molecule has 1 saturated carbocycles. The summed E-state index contributed by atoms with van der Waals surface area (Å²) in [5, 5.41) is 4.38. The second-order valence-corrected chi connectivity index (χ2v) is 6.55.